The summed E-state index contributed by atoms with van der Waals surface area (Å²) in [5.41, 5.74) is 4.42. The molecule has 0 aliphatic carbocycles. The summed E-state index contributed by atoms with van der Waals surface area (Å²) >= 11 is 0. The van der Waals surface area contributed by atoms with Gasteiger partial charge >= 0.3 is 0 Å². The predicted molar refractivity (Wildman–Crippen MR) is 117 cm³/mol. The molecule has 0 amide bonds. The number of aromatic nitrogens is 2. The molecule has 152 valence electrons. The molecule has 5 heteroatoms. The molecule has 1 aliphatic heterocycles. The van der Waals surface area contributed by atoms with Gasteiger partial charge in [-0.3, -0.25) is 0 Å². The summed E-state index contributed by atoms with van der Waals surface area (Å²) in [7, 11) is 3.90. The molecular formula is C24H30N4O. The minimum Gasteiger partial charge on any atom is -0.497 e. The van der Waals surface area contributed by atoms with Crippen LogP contribution < -0.4 is 10.1 Å². The van der Waals surface area contributed by atoms with Gasteiger partial charge in [-0.05, 0) is 81.8 Å². The molecule has 3 aromatic rings. The van der Waals surface area contributed by atoms with E-state index in [2.05, 4.69) is 47.7 Å². The van der Waals surface area contributed by atoms with E-state index in [0.29, 0.717) is 0 Å². The van der Waals surface area contributed by atoms with E-state index < -0.39 is 0 Å². The monoisotopic (exact) mass is 390 g/mol. The summed E-state index contributed by atoms with van der Waals surface area (Å²) in [6.07, 6.45) is 4.70. The highest BCUT2D eigenvalue weighted by Crippen LogP contribution is 2.26. The van der Waals surface area contributed by atoms with Gasteiger partial charge in [0, 0.05) is 23.9 Å². The maximum atomic E-state index is 5.31. The highest BCUT2D eigenvalue weighted by molar-refractivity contribution is 5.64. The van der Waals surface area contributed by atoms with Crippen molar-refractivity contribution in [3.05, 3.63) is 66.4 Å². The number of benzene rings is 2. The van der Waals surface area contributed by atoms with Gasteiger partial charge in [-0.15, -0.1) is 0 Å². The van der Waals surface area contributed by atoms with Gasteiger partial charge in [0.25, 0.3) is 0 Å². The summed E-state index contributed by atoms with van der Waals surface area (Å²) < 4.78 is 7.29. The fourth-order valence-electron chi connectivity index (χ4n) is 3.92. The number of rotatable bonds is 7. The number of piperidine rings is 1. The van der Waals surface area contributed by atoms with Crippen molar-refractivity contribution in [2.24, 2.45) is 5.92 Å². The molecule has 5 nitrogen and oxygen atoms in total. The summed E-state index contributed by atoms with van der Waals surface area (Å²) in [6, 6.07) is 18.4. The molecule has 4 rings (SSSR count). The lowest BCUT2D eigenvalue weighted by atomic mass is 9.97. The van der Waals surface area contributed by atoms with Gasteiger partial charge in [0.1, 0.15) is 5.75 Å². The second-order valence-electron chi connectivity index (χ2n) is 7.89. The zero-order valence-electron chi connectivity index (χ0n) is 17.3. The van der Waals surface area contributed by atoms with E-state index in [1.165, 1.54) is 31.5 Å². The van der Waals surface area contributed by atoms with Crippen LogP contribution in [0.15, 0.2) is 60.8 Å². The maximum Gasteiger partial charge on any atom is 0.118 e. The minimum atomic E-state index is 0.764. The Morgan fingerprint density at radius 2 is 1.76 bits per heavy atom. The van der Waals surface area contributed by atoms with Crippen molar-refractivity contribution in [2.45, 2.75) is 19.4 Å². The number of hydrogen-bond acceptors (Lipinski definition) is 4. The first-order chi connectivity index (χ1) is 14.2. The predicted octanol–water partition coefficient (Wildman–Crippen LogP) is 3.98. The van der Waals surface area contributed by atoms with Crippen molar-refractivity contribution < 1.29 is 4.74 Å². The van der Waals surface area contributed by atoms with E-state index >= 15 is 0 Å². The van der Waals surface area contributed by atoms with Gasteiger partial charge in [0.2, 0.25) is 0 Å². The van der Waals surface area contributed by atoms with Gasteiger partial charge in [0.05, 0.1) is 18.5 Å². The van der Waals surface area contributed by atoms with Gasteiger partial charge in [-0.2, -0.15) is 5.10 Å². The van der Waals surface area contributed by atoms with Crippen molar-refractivity contribution in [1.82, 2.24) is 20.0 Å². The van der Waals surface area contributed by atoms with E-state index in [0.717, 1.165) is 41.7 Å². The number of ether oxygens (including phenoxy) is 1. The van der Waals surface area contributed by atoms with E-state index in [9.17, 15) is 0 Å². The zero-order chi connectivity index (χ0) is 20.1. The smallest absolute Gasteiger partial charge is 0.118 e. The molecule has 1 fully saturated rings. The average Bonchev–Trinajstić information content (AvgIpc) is 3.20. The Labute approximate surface area is 173 Å². The van der Waals surface area contributed by atoms with Crippen LogP contribution in [-0.2, 0) is 6.54 Å². The van der Waals surface area contributed by atoms with Crippen LogP contribution >= 0.6 is 0 Å². The molecule has 2 heterocycles. The Morgan fingerprint density at radius 1 is 1.03 bits per heavy atom. The van der Waals surface area contributed by atoms with Crippen molar-refractivity contribution in [3.63, 3.8) is 0 Å². The summed E-state index contributed by atoms with van der Waals surface area (Å²) in [5.74, 6) is 1.62. The lowest BCUT2D eigenvalue weighted by Gasteiger charge is -2.29. The second-order valence-corrected chi connectivity index (χ2v) is 7.89. The quantitative estimate of drug-likeness (QED) is 0.663. The van der Waals surface area contributed by atoms with E-state index in [1.54, 1.807) is 7.11 Å². The fourth-order valence-corrected chi connectivity index (χ4v) is 3.92. The molecule has 2 aromatic carbocycles. The largest absolute Gasteiger partial charge is 0.497 e. The van der Waals surface area contributed by atoms with Crippen molar-refractivity contribution >= 4 is 0 Å². The van der Waals surface area contributed by atoms with E-state index in [4.69, 9.17) is 9.84 Å². The second kappa shape index (κ2) is 9.25. The van der Waals surface area contributed by atoms with Crippen LogP contribution in [0, 0.1) is 5.92 Å². The molecule has 1 aromatic heterocycles. The molecule has 0 saturated carbocycles. The summed E-state index contributed by atoms with van der Waals surface area (Å²) in [4.78, 5) is 2.42. The molecule has 1 saturated heterocycles. The Balaban J connectivity index is 1.53. The summed E-state index contributed by atoms with van der Waals surface area (Å²) in [5, 5.41) is 8.60. The normalized spacial score (nSPS) is 15.5. The highest BCUT2D eigenvalue weighted by atomic mass is 16.5. The van der Waals surface area contributed by atoms with Crippen molar-refractivity contribution in [2.75, 3.05) is 33.8 Å². The third kappa shape index (κ3) is 4.86. The lowest BCUT2D eigenvalue weighted by molar-refractivity contribution is 0.216. The van der Waals surface area contributed by atoms with Gasteiger partial charge in [0.15, 0.2) is 0 Å². The minimum absolute atomic E-state index is 0.764. The number of nitrogens with zero attached hydrogens (tertiary/aromatic N) is 3. The maximum absolute atomic E-state index is 5.31. The van der Waals surface area contributed by atoms with Crippen LogP contribution in [0.3, 0.4) is 0 Å². The third-order valence-corrected chi connectivity index (χ3v) is 5.76. The SMILES string of the molecule is COc1ccc(-c2nn(-c3ccccc3)cc2CNCC2CCN(C)CC2)cc1. The van der Waals surface area contributed by atoms with Crippen LogP contribution in [0.4, 0.5) is 0 Å². The standard InChI is InChI=1S/C24H30N4O/c1-27-14-12-19(13-15-27)16-25-17-21-18-28(22-6-4-3-5-7-22)26-24(21)20-8-10-23(29-2)11-9-20/h3-11,18-19,25H,12-17H2,1-2H3. The topological polar surface area (TPSA) is 42.3 Å². The van der Waals surface area contributed by atoms with Crippen molar-refractivity contribution in [1.29, 1.82) is 0 Å². The molecule has 0 radical (unpaired) electrons. The molecule has 0 spiro atoms. The third-order valence-electron chi connectivity index (χ3n) is 5.76. The molecule has 1 N–H and O–H groups in total. The lowest BCUT2D eigenvalue weighted by Crippen LogP contribution is -2.34. The van der Waals surface area contributed by atoms with Gasteiger partial charge in [-0.1, -0.05) is 18.2 Å². The molecule has 0 bridgehead atoms. The Morgan fingerprint density at radius 3 is 2.45 bits per heavy atom. The Kier molecular flexibility index (Phi) is 6.27. The van der Waals surface area contributed by atoms with Gasteiger partial charge < -0.3 is 15.0 Å². The van der Waals surface area contributed by atoms with Crippen LogP contribution in [0.2, 0.25) is 0 Å². The Bertz CT molecular complexity index is 896. The number of para-hydroxylation sites is 1. The molecule has 0 atom stereocenters. The van der Waals surface area contributed by atoms with Gasteiger partial charge in [-0.25, -0.2) is 4.68 Å². The first-order valence-corrected chi connectivity index (χ1v) is 10.4. The zero-order valence-corrected chi connectivity index (χ0v) is 17.3. The van der Waals surface area contributed by atoms with Crippen molar-refractivity contribution in [3.8, 4) is 22.7 Å². The van der Waals surface area contributed by atoms with Crippen LogP contribution in [0.25, 0.3) is 16.9 Å². The number of methoxy groups -OCH3 is 1. The summed E-state index contributed by atoms with van der Waals surface area (Å²) in [6.45, 7) is 4.29. The molecule has 0 unspecified atom stereocenters. The molecule has 29 heavy (non-hydrogen) atoms. The van der Waals surface area contributed by atoms with E-state index in [-0.39, 0.29) is 0 Å². The number of nitrogens with one attached hydrogen (secondary N) is 1. The van der Waals surface area contributed by atoms with Crippen LogP contribution in [0.5, 0.6) is 5.75 Å². The average molecular weight is 391 g/mol. The Hall–Kier alpha value is -2.63. The number of likely N-dealkylation sites (tertiary alicyclic amines) is 1. The molecular weight excluding hydrogens is 360 g/mol. The van der Waals surface area contributed by atoms with E-state index in [1.807, 2.05) is 35.0 Å². The highest BCUT2D eigenvalue weighted by Gasteiger charge is 2.17. The fraction of sp³-hybridized carbons (Fsp3) is 0.375. The van der Waals surface area contributed by atoms with Crippen LogP contribution in [-0.4, -0.2) is 48.5 Å². The first-order valence-electron chi connectivity index (χ1n) is 10.4. The molecule has 1 aliphatic rings. The first kappa shape index (κ1) is 19.7. The number of hydrogen-bond donors (Lipinski definition) is 1. The van der Waals surface area contributed by atoms with Crippen LogP contribution in [0.1, 0.15) is 18.4 Å².